The van der Waals surface area contributed by atoms with E-state index in [9.17, 15) is 15.0 Å². The fraction of sp³-hybridized carbons (Fsp3) is 0.886. The first-order chi connectivity index (χ1) is 20.0. The number of fused-ring (bicyclic) bond motifs is 4. The zero-order valence-corrected chi connectivity index (χ0v) is 27.6. The molecule has 2 radical (unpaired) electrons. The van der Waals surface area contributed by atoms with Crippen LogP contribution in [0.15, 0.2) is 4.99 Å². The van der Waals surface area contributed by atoms with Gasteiger partial charge >= 0.3 is 5.97 Å². The molecule has 0 amide bonds. The second kappa shape index (κ2) is 9.42. The Bertz CT molecular complexity index is 1200. The van der Waals surface area contributed by atoms with Gasteiger partial charge in [0.15, 0.2) is 12.0 Å². The Kier molecular flexibility index (Phi) is 6.67. The molecular weight excluding hydrogens is 544 g/mol. The van der Waals surface area contributed by atoms with Crippen LogP contribution >= 0.6 is 0 Å². The van der Waals surface area contributed by atoms with Crippen molar-refractivity contribution in [1.82, 2.24) is 5.32 Å². The summed E-state index contributed by atoms with van der Waals surface area (Å²) < 4.78 is 18.9. The van der Waals surface area contributed by atoms with Gasteiger partial charge in [-0.3, -0.25) is 10.1 Å². The van der Waals surface area contributed by atoms with Crippen LogP contribution in [0.3, 0.4) is 0 Å². The van der Waals surface area contributed by atoms with Gasteiger partial charge in [0.25, 0.3) is 0 Å². The van der Waals surface area contributed by atoms with Crippen molar-refractivity contribution in [3.8, 4) is 0 Å². The van der Waals surface area contributed by atoms with Gasteiger partial charge in [-0.1, -0.05) is 34.6 Å². The molecule has 5 aliphatic carbocycles. The molecule has 0 aromatic heterocycles. The highest BCUT2D eigenvalue weighted by atomic mass is 16.6. The van der Waals surface area contributed by atoms with Crippen LogP contribution in [0.2, 0.25) is 0 Å². The van der Waals surface area contributed by atoms with Crippen LogP contribution < -0.4 is 5.32 Å². The quantitative estimate of drug-likeness (QED) is 0.383. The highest BCUT2D eigenvalue weighted by Crippen LogP contribution is 2.89. The predicted molar refractivity (Wildman–Crippen MR) is 162 cm³/mol. The summed E-state index contributed by atoms with van der Waals surface area (Å²) in [4.78, 5) is 16.6. The van der Waals surface area contributed by atoms with Crippen molar-refractivity contribution in [2.45, 2.75) is 131 Å². The molecule has 5 saturated carbocycles. The van der Waals surface area contributed by atoms with Crippen molar-refractivity contribution in [2.24, 2.45) is 55.7 Å². The van der Waals surface area contributed by atoms with Crippen LogP contribution in [0.4, 0.5) is 0 Å². The third kappa shape index (κ3) is 3.88. The Morgan fingerprint density at radius 2 is 1.79 bits per heavy atom. The van der Waals surface area contributed by atoms with Crippen molar-refractivity contribution in [2.75, 3.05) is 13.2 Å². The maximum absolute atomic E-state index is 12.4. The lowest BCUT2D eigenvalue weighted by molar-refractivity contribution is -0.180. The summed E-state index contributed by atoms with van der Waals surface area (Å²) in [6.45, 7) is 18.0. The molecule has 8 nitrogen and oxygen atoms in total. The Balaban J connectivity index is 1.18. The molecule has 0 aromatic rings. The monoisotopic (exact) mass is 598 g/mol. The first kappa shape index (κ1) is 30.4. The van der Waals surface area contributed by atoms with Gasteiger partial charge in [0.2, 0.25) is 0 Å². The molecule has 7 aliphatic rings. The zero-order chi connectivity index (χ0) is 31.0. The lowest BCUT2D eigenvalue weighted by atomic mass is 9.41. The maximum atomic E-state index is 12.4. The molecular formula is C35H54N2O6. The summed E-state index contributed by atoms with van der Waals surface area (Å²) in [6.07, 6.45) is 8.68. The summed E-state index contributed by atoms with van der Waals surface area (Å²) in [5.41, 5.74) is -1.04. The summed E-state index contributed by atoms with van der Waals surface area (Å²) in [5, 5.41) is 26.7. The van der Waals surface area contributed by atoms with E-state index in [0.717, 1.165) is 37.8 Å². The van der Waals surface area contributed by atoms with Crippen molar-refractivity contribution < 1.29 is 29.2 Å². The average molecular weight is 599 g/mol. The van der Waals surface area contributed by atoms with Gasteiger partial charge in [0.05, 0.1) is 24.9 Å². The number of esters is 1. The van der Waals surface area contributed by atoms with Gasteiger partial charge in [-0.25, -0.2) is 4.99 Å². The van der Waals surface area contributed by atoms with Crippen LogP contribution in [0.25, 0.3) is 0 Å². The Morgan fingerprint density at radius 1 is 1.09 bits per heavy atom. The van der Waals surface area contributed by atoms with Gasteiger partial charge in [0.1, 0.15) is 18.3 Å². The van der Waals surface area contributed by atoms with Crippen LogP contribution in [0.1, 0.15) is 107 Å². The number of carbonyl (C=O) groups is 1. The Morgan fingerprint density at radius 3 is 2.44 bits per heavy atom. The van der Waals surface area contributed by atoms with Gasteiger partial charge in [-0.2, -0.15) is 0 Å². The minimum atomic E-state index is -1.29. The van der Waals surface area contributed by atoms with Gasteiger partial charge in [-0.05, 0) is 99.2 Å². The second-order valence-electron chi connectivity index (χ2n) is 17.2. The van der Waals surface area contributed by atoms with Crippen LogP contribution in [0.5, 0.6) is 0 Å². The molecule has 2 heterocycles. The molecule has 2 spiro atoms. The number of hydrogen-bond acceptors (Lipinski definition) is 8. The number of aliphatic hydroxyl groups excluding tert-OH is 1. The molecule has 11 atom stereocenters. The van der Waals surface area contributed by atoms with Gasteiger partial charge < -0.3 is 24.4 Å². The molecule has 7 rings (SSSR count). The van der Waals surface area contributed by atoms with E-state index in [1.54, 1.807) is 13.8 Å². The van der Waals surface area contributed by atoms with E-state index in [0.29, 0.717) is 36.4 Å². The lowest BCUT2D eigenvalue weighted by Crippen LogP contribution is -2.60. The number of aliphatic hydroxyl groups is 2. The highest BCUT2D eigenvalue weighted by Gasteiger charge is 2.85. The third-order valence-electron chi connectivity index (χ3n) is 14.5. The maximum Gasteiger partial charge on any atom is 0.303 e. The molecule has 240 valence electrons. The fourth-order valence-corrected chi connectivity index (χ4v) is 12.6. The van der Waals surface area contributed by atoms with Crippen molar-refractivity contribution in [3.05, 3.63) is 12.2 Å². The number of nitrogens with zero attached hydrogens (tertiary/aromatic N) is 1. The van der Waals surface area contributed by atoms with E-state index in [4.69, 9.17) is 14.2 Å². The number of hydrogen-bond donors (Lipinski definition) is 3. The smallest absolute Gasteiger partial charge is 0.303 e. The molecule has 43 heavy (non-hydrogen) atoms. The number of ether oxygens (including phenoxy) is 3. The third-order valence-corrected chi connectivity index (χ3v) is 14.5. The molecule has 0 bridgehead atoms. The molecule has 2 aliphatic heterocycles. The van der Waals surface area contributed by atoms with Crippen LogP contribution in [-0.2, 0) is 19.0 Å². The summed E-state index contributed by atoms with van der Waals surface area (Å²) in [7, 11) is 0. The van der Waals surface area contributed by atoms with Crippen molar-refractivity contribution in [3.63, 3.8) is 0 Å². The summed E-state index contributed by atoms with van der Waals surface area (Å²) >= 11 is 0. The van der Waals surface area contributed by atoms with E-state index >= 15 is 0 Å². The molecule has 6 fully saturated rings. The SMILES string of the molecule is CC(=O)O[C@@H]([C]1C[C@@H](C)C2[C](O1)[C@H](O)[C@@]1(C)[C@@H]3CC[C@H]4C(C)(C)C(OC5=NCNC5)CC[C@@]45CC35CC[C@]21C)C(C)(C)O. The minimum absolute atomic E-state index is 0.0703. The first-order valence-corrected chi connectivity index (χ1v) is 16.9. The Hall–Kier alpha value is -1.22. The number of rotatable bonds is 4. The van der Waals surface area contributed by atoms with Crippen LogP contribution in [0, 0.1) is 63.0 Å². The van der Waals surface area contributed by atoms with E-state index in [1.165, 1.54) is 32.6 Å². The van der Waals surface area contributed by atoms with E-state index < -0.39 is 23.8 Å². The first-order valence-electron chi connectivity index (χ1n) is 16.9. The van der Waals surface area contributed by atoms with Crippen LogP contribution in [-0.4, -0.2) is 59.2 Å². The van der Waals surface area contributed by atoms with E-state index in [1.807, 2.05) is 0 Å². The second-order valence-corrected chi connectivity index (χ2v) is 17.2. The molecule has 1 saturated heterocycles. The van der Waals surface area contributed by atoms with E-state index in [2.05, 4.69) is 44.9 Å². The van der Waals surface area contributed by atoms with E-state index in [-0.39, 0.29) is 39.6 Å². The van der Waals surface area contributed by atoms with Crippen molar-refractivity contribution in [1.29, 1.82) is 0 Å². The minimum Gasteiger partial charge on any atom is -0.476 e. The normalized spacial score (nSPS) is 49.5. The molecule has 0 aromatic carbocycles. The molecule has 8 heteroatoms. The largest absolute Gasteiger partial charge is 0.476 e. The number of aliphatic imine (C=N–C) groups is 1. The Labute approximate surface area is 258 Å². The molecule has 3 unspecified atom stereocenters. The summed E-state index contributed by atoms with van der Waals surface area (Å²) in [5.74, 6) is 1.79. The van der Waals surface area contributed by atoms with Gasteiger partial charge in [-0.15, -0.1) is 0 Å². The summed E-state index contributed by atoms with van der Waals surface area (Å²) in [6, 6.07) is 0. The zero-order valence-electron chi connectivity index (χ0n) is 27.6. The lowest BCUT2D eigenvalue weighted by Gasteiger charge is -2.63. The number of nitrogens with one attached hydrogen (secondary N) is 1. The fourth-order valence-electron chi connectivity index (χ4n) is 12.6. The number of carbonyl (C=O) groups excluding carboxylic acids is 1. The predicted octanol–water partition coefficient (Wildman–Crippen LogP) is 5.17. The molecule has 3 N–H and O–H groups in total. The topological polar surface area (TPSA) is 110 Å². The standard InChI is InChI=1S/C35H54N2O6/c1-19-15-21(29(31(5,6)40)41-20(2)38)42-27-26(19)32(7)13-14-35-17-34(35)12-11-24(43-25-16-36-18-37-25)30(3,4)22(34)9-10-23(35)33(32,8)28(27)39/h19,22-24,26,28-29,36,39-40H,9-18H2,1-8H3/t19-,22+,23+,24?,26?,28+,29+,32-,33-,34-,35?/m1/s1. The van der Waals surface area contributed by atoms with Crippen molar-refractivity contribution >= 4 is 11.9 Å². The van der Waals surface area contributed by atoms with Gasteiger partial charge in [0, 0.05) is 23.7 Å². The highest BCUT2D eigenvalue weighted by molar-refractivity contribution is 5.79. The average Bonchev–Trinajstić information content (AvgIpc) is 3.19.